The van der Waals surface area contributed by atoms with E-state index in [0.717, 1.165) is 19.4 Å². The largest absolute Gasteiger partial charge is 0.469 e. The van der Waals surface area contributed by atoms with Crippen molar-refractivity contribution in [1.82, 2.24) is 9.88 Å². The molecule has 2 amide bonds. The number of aromatic nitrogens is 1. The van der Waals surface area contributed by atoms with Gasteiger partial charge in [-0.05, 0) is 32.8 Å². The number of hydrogen-bond acceptors (Lipinski definition) is 6. The highest BCUT2D eigenvalue weighted by Crippen LogP contribution is 2.19. The number of likely N-dealkylation sites (N-methyl/N-ethyl adjacent to an activating group) is 1. The molecule has 1 aliphatic heterocycles. The van der Waals surface area contributed by atoms with Gasteiger partial charge in [-0.15, -0.1) is 11.3 Å². The smallest absolute Gasteiger partial charge is 0.260 e. The lowest BCUT2D eigenvalue weighted by Gasteiger charge is -2.23. The van der Waals surface area contributed by atoms with E-state index in [9.17, 15) is 9.59 Å². The number of aryl methyl sites for hydroxylation is 1. The van der Waals surface area contributed by atoms with Crippen LogP contribution in [0, 0.1) is 6.92 Å². The first kappa shape index (κ1) is 18.6. The number of carbonyl (C=O) groups excluding carboxylic acids is 2. The van der Waals surface area contributed by atoms with Gasteiger partial charge < -0.3 is 14.1 Å². The van der Waals surface area contributed by atoms with E-state index < -0.39 is 0 Å². The molecule has 1 saturated heterocycles. The van der Waals surface area contributed by atoms with Crippen LogP contribution in [0.3, 0.4) is 0 Å². The zero-order valence-corrected chi connectivity index (χ0v) is 15.8. The summed E-state index contributed by atoms with van der Waals surface area (Å²) in [5.74, 6) is 0.316. The highest BCUT2D eigenvalue weighted by molar-refractivity contribution is 7.14. The Morgan fingerprint density at radius 2 is 2.31 bits per heavy atom. The molecule has 140 valence electrons. The second-order valence-electron chi connectivity index (χ2n) is 6.23. The minimum Gasteiger partial charge on any atom is -0.469 e. The monoisotopic (exact) mass is 377 g/mol. The molecule has 0 radical (unpaired) electrons. The Bertz CT molecular complexity index is 764. The molecular formula is C18H23N3O4S. The second kappa shape index (κ2) is 8.46. The molecule has 2 aromatic heterocycles. The number of nitrogens with one attached hydrogen (secondary N) is 1. The molecule has 0 spiro atoms. The fourth-order valence-electron chi connectivity index (χ4n) is 2.94. The number of amides is 2. The molecule has 3 heterocycles. The summed E-state index contributed by atoms with van der Waals surface area (Å²) in [5, 5.41) is 5.02. The number of hydrogen-bond donors (Lipinski definition) is 1. The van der Waals surface area contributed by atoms with E-state index in [1.807, 2.05) is 11.8 Å². The molecule has 0 unspecified atom stereocenters. The van der Waals surface area contributed by atoms with Crippen molar-refractivity contribution in [3.8, 4) is 0 Å². The third kappa shape index (κ3) is 4.50. The average Bonchev–Trinajstić information content (AvgIpc) is 3.35. The lowest BCUT2D eigenvalue weighted by atomic mass is 10.2. The third-order valence-electron chi connectivity index (χ3n) is 4.39. The predicted octanol–water partition coefficient (Wildman–Crippen LogP) is 2.87. The van der Waals surface area contributed by atoms with E-state index >= 15 is 0 Å². The van der Waals surface area contributed by atoms with Crippen LogP contribution in [0.4, 0.5) is 5.13 Å². The Morgan fingerprint density at radius 1 is 1.46 bits per heavy atom. The summed E-state index contributed by atoms with van der Waals surface area (Å²) in [7, 11) is 0. The van der Waals surface area contributed by atoms with Crippen LogP contribution in [0.15, 0.2) is 22.1 Å². The van der Waals surface area contributed by atoms with E-state index in [1.165, 1.54) is 17.6 Å². The molecule has 0 aliphatic carbocycles. The second-order valence-corrected chi connectivity index (χ2v) is 7.09. The highest BCUT2D eigenvalue weighted by atomic mass is 32.1. The van der Waals surface area contributed by atoms with Crippen LogP contribution in [-0.2, 0) is 16.0 Å². The number of rotatable bonds is 7. The van der Waals surface area contributed by atoms with E-state index in [2.05, 4.69) is 10.3 Å². The summed E-state index contributed by atoms with van der Waals surface area (Å²) in [4.78, 5) is 30.9. The standard InChI is InChI=1S/C18H23N3O4S/c1-3-21(10-14-5-4-7-25-14)16(22)9-13-11-26-18(19-13)20-17(23)15-6-8-24-12(15)2/h6,8,11,14H,3-5,7,9-10H2,1-2H3,(H,19,20,23)/t14-/m1/s1. The maximum absolute atomic E-state index is 12.5. The van der Waals surface area contributed by atoms with Crippen LogP contribution in [-0.4, -0.2) is 47.5 Å². The van der Waals surface area contributed by atoms with E-state index in [0.29, 0.717) is 35.2 Å². The normalized spacial score (nSPS) is 16.6. The maximum atomic E-state index is 12.5. The minimum absolute atomic E-state index is 0.0249. The van der Waals surface area contributed by atoms with Gasteiger partial charge in [-0.25, -0.2) is 4.98 Å². The molecule has 26 heavy (non-hydrogen) atoms. The first-order valence-corrected chi connectivity index (χ1v) is 9.64. The number of carbonyl (C=O) groups is 2. The van der Waals surface area contributed by atoms with Crippen molar-refractivity contribution in [2.75, 3.05) is 25.0 Å². The first-order valence-electron chi connectivity index (χ1n) is 8.76. The number of thiazole rings is 1. The van der Waals surface area contributed by atoms with Gasteiger partial charge in [0.15, 0.2) is 5.13 Å². The van der Waals surface area contributed by atoms with Crippen molar-refractivity contribution in [3.05, 3.63) is 34.7 Å². The minimum atomic E-state index is -0.267. The summed E-state index contributed by atoms with van der Waals surface area (Å²) >= 11 is 1.31. The van der Waals surface area contributed by atoms with Crippen LogP contribution >= 0.6 is 11.3 Å². The summed E-state index contributed by atoms with van der Waals surface area (Å²) in [6, 6.07) is 1.62. The summed E-state index contributed by atoms with van der Waals surface area (Å²) in [5.41, 5.74) is 1.14. The highest BCUT2D eigenvalue weighted by Gasteiger charge is 2.22. The molecular weight excluding hydrogens is 354 g/mol. The van der Waals surface area contributed by atoms with Gasteiger partial charge in [0.1, 0.15) is 5.76 Å². The SMILES string of the molecule is CCN(C[C@H]1CCCO1)C(=O)Cc1csc(NC(=O)c2ccoc2C)n1. The van der Waals surface area contributed by atoms with Gasteiger partial charge >= 0.3 is 0 Å². The van der Waals surface area contributed by atoms with Crippen molar-refractivity contribution in [3.63, 3.8) is 0 Å². The lowest BCUT2D eigenvalue weighted by Crippen LogP contribution is -2.38. The van der Waals surface area contributed by atoms with Gasteiger partial charge in [-0.3, -0.25) is 14.9 Å². The van der Waals surface area contributed by atoms with Crippen molar-refractivity contribution >= 4 is 28.3 Å². The molecule has 0 aromatic carbocycles. The van der Waals surface area contributed by atoms with Gasteiger partial charge in [0.25, 0.3) is 5.91 Å². The van der Waals surface area contributed by atoms with Crippen molar-refractivity contribution < 1.29 is 18.7 Å². The molecule has 7 nitrogen and oxygen atoms in total. The van der Waals surface area contributed by atoms with Gasteiger partial charge in [0, 0.05) is 25.1 Å². The van der Waals surface area contributed by atoms with Gasteiger partial charge in [-0.1, -0.05) is 0 Å². The molecule has 2 aromatic rings. The van der Waals surface area contributed by atoms with Crippen LogP contribution in [0.2, 0.25) is 0 Å². The van der Waals surface area contributed by atoms with Gasteiger partial charge in [0.05, 0.1) is 30.0 Å². The number of nitrogens with zero attached hydrogens (tertiary/aromatic N) is 2. The molecule has 0 saturated carbocycles. The van der Waals surface area contributed by atoms with Crippen LogP contribution in [0.25, 0.3) is 0 Å². The van der Waals surface area contributed by atoms with Crippen molar-refractivity contribution in [2.24, 2.45) is 0 Å². The molecule has 1 N–H and O–H groups in total. The number of anilines is 1. The lowest BCUT2D eigenvalue weighted by molar-refractivity contribution is -0.131. The van der Waals surface area contributed by atoms with Crippen LogP contribution < -0.4 is 5.32 Å². The first-order chi connectivity index (χ1) is 12.6. The zero-order chi connectivity index (χ0) is 18.5. The Kier molecular flexibility index (Phi) is 6.05. The van der Waals surface area contributed by atoms with Gasteiger partial charge in [0.2, 0.25) is 5.91 Å². The molecule has 1 aliphatic rings. The molecule has 8 heteroatoms. The van der Waals surface area contributed by atoms with E-state index in [-0.39, 0.29) is 24.3 Å². The Morgan fingerprint density at radius 3 is 2.96 bits per heavy atom. The van der Waals surface area contributed by atoms with Crippen molar-refractivity contribution in [2.45, 2.75) is 39.2 Å². The van der Waals surface area contributed by atoms with Crippen LogP contribution in [0.5, 0.6) is 0 Å². The third-order valence-corrected chi connectivity index (χ3v) is 5.20. The zero-order valence-electron chi connectivity index (χ0n) is 15.0. The molecule has 0 bridgehead atoms. The topological polar surface area (TPSA) is 84.7 Å². The fourth-order valence-corrected chi connectivity index (χ4v) is 3.64. The fraction of sp³-hybridized carbons (Fsp3) is 0.500. The summed E-state index contributed by atoms with van der Waals surface area (Å²) in [6.45, 7) is 5.75. The van der Waals surface area contributed by atoms with E-state index in [1.54, 1.807) is 18.4 Å². The Hall–Kier alpha value is -2.19. The average molecular weight is 377 g/mol. The summed E-state index contributed by atoms with van der Waals surface area (Å²) in [6.07, 6.45) is 3.90. The predicted molar refractivity (Wildman–Crippen MR) is 98.4 cm³/mol. The Balaban J connectivity index is 1.56. The van der Waals surface area contributed by atoms with E-state index in [4.69, 9.17) is 9.15 Å². The van der Waals surface area contributed by atoms with Crippen molar-refractivity contribution in [1.29, 1.82) is 0 Å². The Labute approximate surface area is 156 Å². The molecule has 1 atom stereocenters. The number of furan rings is 1. The number of ether oxygens (including phenoxy) is 1. The molecule has 3 rings (SSSR count). The summed E-state index contributed by atoms with van der Waals surface area (Å²) < 4.78 is 10.8. The maximum Gasteiger partial charge on any atom is 0.260 e. The van der Waals surface area contributed by atoms with Crippen LogP contribution in [0.1, 0.15) is 41.6 Å². The van der Waals surface area contributed by atoms with Gasteiger partial charge in [-0.2, -0.15) is 0 Å². The quantitative estimate of drug-likeness (QED) is 0.802. The molecule has 1 fully saturated rings.